The maximum Gasteiger partial charge on any atom is 0.407 e. The van der Waals surface area contributed by atoms with Crippen LogP contribution in [0.4, 0.5) is 4.79 Å². The number of halogens is 1. The first kappa shape index (κ1) is 22.3. The Bertz CT molecular complexity index is 327. The van der Waals surface area contributed by atoms with Gasteiger partial charge in [0.25, 0.3) is 0 Å². The standard InChI is InChI=1S/C14H28N4O2.HI/c1-6-9-16-12(15-7-2)17-10-8-11-18-13(19)20-14(3,4)5;/h6H,1,7-11H2,2-5H3,(H,18,19)(H2,15,16,17);1H. The molecule has 0 atom stereocenters. The molecule has 0 aromatic rings. The Hall–Kier alpha value is -0.990. The number of hydrogen-bond acceptors (Lipinski definition) is 3. The summed E-state index contributed by atoms with van der Waals surface area (Å²) in [5.41, 5.74) is -0.463. The normalized spacial score (nSPS) is 11.1. The number of carbonyl (C=O) groups is 1. The van der Waals surface area contributed by atoms with Crippen molar-refractivity contribution < 1.29 is 9.53 Å². The molecule has 0 fully saturated rings. The van der Waals surface area contributed by atoms with Crippen molar-refractivity contribution in [2.75, 3.05) is 26.2 Å². The summed E-state index contributed by atoms with van der Waals surface area (Å²) in [5, 5.41) is 8.94. The number of guanidine groups is 1. The predicted octanol–water partition coefficient (Wildman–Crippen LogP) is 2.26. The molecule has 3 N–H and O–H groups in total. The van der Waals surface area contributed by atoms with Gasteiger partial charge in [0.15, 0.2) is 5.96 Å². The highest BCUT2D eigenvalue weighted by Crippen LogP contribution is 2.06. The minimum absolute atomic E-state index is 0. The monoisotopic (exact) mass is 412 g/mol. The molecule has 0 aliphatic heterocycles. The topological polar surface area (TPSA) is 74.8 Å². The fraction of sp³-hybridized carbons (Fsp3) is 0.714. The lowest BCUT2D eigenvalue weighted by atomic mass is 10.2. The molecule has 0 aromatic carbocycles. The van der Waals surface area contributed by atoms with E-state index in [0.717, 1.165) is 18.9 Å². The Balaban J connectivity index is 0. The number of rotatable bonds is 7. The molecule has 1 amide bonds. The molecule has 21 heavy (non-hydrogen) atoms. The summed E-state index contributed by atoms with van der Waals surface area (Å²) in [4.78, 5) is 15.8. The van der Waals surface area contributed by atoms with Crippen molar-refractivity contribution >= 4 is 36.0 Å². The third-order valence-electron chi connectivity index (χ3n) is 2.03. The average molecular weight is 412 g/mol. The maximum absolute atomic E-state index is 11.4. The number of aliphatic imine (C=N–C) groups is 1. The van der Waals surface area contributed by atoms with Gasteiger partial charge in [-0.05, 0) is 34.1 Å². The molecule has 0 aromatic heterocycles. The van der Waals surface area contributed by atoms with Crippen LogP contribution in [0.3, 0.4) is 0 Å². The molecule has 0 radical (unpaired) electrons. The number of carbonyl (C=O) groups excluding carboxylic acids is 1. The van der Waals surface area contributed by atoms with Crippen molar-refractivity contribution in [2.45, 2.75) is 39.7 Å². The van der Waals surface area contributed by atoms with E-state index in [-0.39, 0.29) is 24.0 Å². The summed E-state index contributed by atoms with van der Waals surface area (Å²) in [6.07, 6.45) is 2.14. The average Bonchev–Trinajstić information content (AvgIpc) is 2.33. The molecule has 0 saturated heterocycles. The van der Waals surface area contributed by atoms with Crippen molar-refractivity contribution in [2.24, 2.45) is 4.99 Å². The van der Waals surface area contributed by atoms with Crippen molar-refractivity contribution in [3.63, 3.8) is 0 Å². The van der Waals surface area contributed by atoms with E-state index in [1.807, 2.05) is 27.7 Å². The van der Waals surface area contributed by atoms with Crippen LogP contribution < -0.4 is 16.0 Å². The lowest BCUT2D eigenvalue weighted by Gasteiger charge is -2.19. The van der Waals surface area contributed by atoms with Gasteiger partial charge in [0.2, 0.25) is 0 Å². The number of ether oxygens (including phenoxy) is 1. The van der Waals surface area contributed by atoms with E-state index in [9.17, 15) is 4.79 Å². The van der Waals surface area contributed by atoms with Crippen molar-refractivity contribution in [1.29, 1.82) is 0 Å². The van der Waals surface area contributed by atoms with Crippen LogP contribution in [0, 0.1) is 0 Å². The van der Waals surface area contributed by atoms with Gasteiger partial charge in [-0.3, -0.25) is 4.99 Å². The molecule has 0 spiro atoms. The molecule has 0 bridgehead atoms. The molecule has 0 aliphatic carbocycles. The number of nitrogens with zero attached hydrogens (tertiary/aromatic N) is 1. The quantitative estimate of drug-likeness (QED) is 0.197. The highest BCUT2D eigenvalue weighted by molar-refractivity contribution is 14.0. The Labute approximate surface area is 145 Å². The van der Waals surface area contributed by atoms with E-state index in [0.29, 0.717) is 19.6 Å². The zero-order valence-corrected chi connectivity index (χ0v) is 15.8. The van der Waals surface area contributed by atoms with Gasteiger partial charge < -0.3 is 20.7 Å². The maximum atomic E-state index is 11.4. The summed E-state index contributed by atoms with van der Waals surface area (Å²) < 4.78 is 5.14. The SMILES string of the molecule is C=CCNC(=NCCCNC(=O)OC(C)(C)C)NCC.I. The van der Waals surface area contributed by atoms with Crippen LogP contribution in [0.15, 0.2) is 17.6 Å². The molecule has 0 aliphatic rings. The number of amides is 1. The summed E-state index contributed by atoms with van der Waals surface area (Å²) in [6, 6.07) is 0. The molecule has 0 unspecified atom stereocenters. The second-order valence-corrected chi connectivity index (χ2v) is 5.21. The van der Waals surface area contributed by atoms with Crippen LogP contribution in [-0.2, 0) is 4.74 Å². The van der Waals surface area contributed by atoms with Gasteiger partial charge in [0.05, 0.1) is 0 Å². The molecule has 0 rings (SSSR count). The molecule has 0 saturated carbocycles. The van der Waals surface area contributed by atoms with Crippen LogP contribution in [0.5, 0.6) is 0 Å². The van der Waals surface area contributed by atoms with Gasteiger partial charge in [-0.1, -0.05) is 6.08 Å². The first-order valence-electron chi connectivity index (χ1n) is 6.99. The first-order chi connectivity index (χ1) is 9.39. The molecular formula is C14H29IN4O2. The first-order valence-corrected chi connectivity index (χ1v) is 6.99. The summed E-state index contributed by atoms with van der Waals surface area (Å²) in [7, 11) is 0. The van der Waals surface area contributed by atoms with E-state index in [2.05, 4.69) is 27.5 Å². The molecule has 7 heteroatoms. The zero-order chi connectivity index (χ0) is 15.4. The smallest absolute Gasteiger partial charge is 0.407 e. The Morgan fingerprint density at radius 2 is 1.95 bits per heavy atom. The van der Waals surface area contributed by atoms with Gasteiger partial charge in [-0.15, -0.1) is 30.6 Å². The largest absolute Gasteiger partial charge is 0.444 e. The van der Waals surface area contributed by atoms with E-state index in [4.69, 9.17) is 4.74 Å². The van der Waals surface area contributed by atoms with E-state index in [1.165, 1.54) is 0 Å². The zero-order valence-electron chi connectivity index (χ0n) is 13.5. The third kappa shape index (κ3) is 15.2. The summed E-state index contributed by atoms with van der Waals surface area (Å²) in [5.74, 6) is 0.754. The fourth-order valence-corrected chi connectivity index (χ4v) is 1.29. The highest BCUT2D eigenvalue weighted by Gasteiger charge is 2.15. The second-order valence-electron chi connectivity index (χ2n) is 5.21. The van der Waals surface area contributed by atoms with Crippen molar-refractivity contribution in [3.8, 4) is 0 Å². The van der Waals surface area contributed by atoms with Gasteiger partial charge in [-0.25, -0.2) is 4.79 Å². The van der Waals surface area contributed by atoms with Gasteiger partial charge >= 0.3 is 6.09 Å². The van der Waals surface area contributed by atoms with Crippen LogP contribution in [-0.4, -0.2) is 43.8 Å². The van der Waals surface area contributed by atoms with Crippen LogP contribution >= 0.6 is 24.0 Å². The summed E-state index contributed by atoms with van der Waals surface area (Å²) >= 11 is 0. The lowest BCUT2D eigenvalue weighted by Crippen LogP contribution is -2.37. The minimum atomic E-state index is -0.463. The number of nitrogens with one attached hydrogen (secondary N) is 3. The molecule has 124 valence electrons. The predicted molar refractivity (Wildman–Crippen MR) is 98.4 cm³/mol. The van der Waals surface area contributed by atoms with Crippen molar-refractivity contribution in [3.05, 3.63) is 12.7 Å². The Kier molecular flexibility index (Phi) is 13.5. The lowest BCUT2D eigenvalue weighted by molar-refractivity contribution is 0.0527. The number of hydrogen-bond donors (Lipinski definition) is 3. The summed E-state index contributed by atoms with van der Waals surface area (Å²) in [6.45, 7) is 13.8. The second kappa shape index (κ2) is 12.7. The fourth-order valence-electron chi connectivity index (χ4n) is 1.29. The van der Waals surface area contributed by atoms with E-state index >= 15 is 0 Å². The third-order valence-corrected chi connectivity index (χ3v) is 2.03. The van der Waals surface area contributed by atoms with Gasteiger partial charge in [0, 0.05) is 26.2 Å². The Morgan fingerprint density at radius 1 is 1.29 bits per heavy atom. The van der Waals surface area contributed by atoms with E-state index < -0.39 is 11.7 Å². The number of alkyl carbamates (subject to hydrolysis) is 1. The molecular weight excluding hydrogens is 383 g/mol. The Morgan fingerprint density at radius 3 is 2.48 bits per heavy atom. The van der Waals surface area contributed by atoms with Crippen LogP contribution in [0.1, 0.15) is 34.1 Å². The van der Waals surface area contributed by atoms with Crippen molar-refractivity contribution in [1.82, 2.24) is 16.0 Å². The van der Waals surface area contributed by atoms with Gasteiger partial charge in [-0.2, -0.15) is 0 Å². The minimum Gasteiger partial charge on any atom is -0.444 e. The molecule has 0 heterocycles. The molecule has 6 nitrogen and oxygen atoms in total. The van der Waals surface area contributed by atoms with Crippen LogP contribution in [0.2, 0.25) is 0 Å². The van der Waals surface area contributed by atoms with Crippen LogP contribution in [0.25, 0.3) is 0 Å². The van der Waals surface area contributed by atoms with E-state index in [1.54, 1.807) is 6.08 Å². The highest BCUT2D eigenvalue weighted by atomic mass is 127. The van der Waals surface area contributed by atoms with Gasteiger partial charge in [0.1, 0.15) is 5.60 Å².